The molecule has 2 aromatic rings. The van der Waals surface area contributed by atoms with E-state index in [2.05, 4.69) is 15.5 Å². The minimum atomic E-state index is -0.622. The number of carbonyl (C=O) groups is 1. The molecule has 1 N–H and O–H groups in total. The number of carbonyl (C=O) groups excluding carboxylic acids is 1. The summed E-state index contributed by atoms with van der Waals surface area (Å²) in [5, 5.41) is 25.7. The van der Waals surface area contributed by atoms with Gasteiger partial charge in [0.2, 0.25) is 0 Å². The Kier molecular flexibility index (Phi) is 4.20. The fourth-order valence-electron chi connectivity index (χ4n) is 1.47. The number of nitrogens with one attached hydrogen (secondary N) is 1. The highest BCUT2D eigenvalue weighted by Gasteiger charge is 2.06. The Balaban J connectivity index is 2.10. The highest BCUT2D eigenvalue weighted by molar-refractivity contribution is 5.93. The van der Waals surface area contributed by atoms with E-state index in [0.29, 0.717) is 0 Å². The molecule has 8 heteroatoms. The summed E-state index contributed by atoms with van der Waals surface area (Å²) < 4.78 is 0. The fourth-order valence-corrected chi connectivity index (χ4v) is 1.47. The van der Waals surface area contributed by atoms with Crippen LogP contribution in [0, 0.1) is 10.1 Å². The predicted octanol–water partition coefficient (Wildman–Crippen LogP) is 0.827. The highest BCUT2D eigenvalue weighted by Crippen LogP contribution is 2.18. The van der Waals surface area contributed by atoms with Crippen molar-refractivity contribution in [3.8, 4) is 5.75 Å². The number of hydrogen-bond acceptors (Lipinski definition) is 6. The normalized spacial score (nSPS) is 10.5. The molecule has 0 fully saturated rings. The molecule has 2 rings (SSSR count). The smallest absolute Gasteiger partial charge is 0.289 e. The van der Waals surface area contributed by atoms with Crippen LogP contribution in [0.5, 0.6) is 5.75 Å². The standard InChI is InChI=1S/C13H10N4O4/c18-12-5-4-10(17(20)21)7-9(12)8-15-16-13(19)11-3-1-2-6-14-11/h1-8,18H,(H,16,19)/p-1/b15-8-. The van der Waals surface area contributed by atoms with Crippen molar-refractivity contribution < 1.29 is 14.8 Å². The molecule has 0 bridgehead atoms. The van der Waals surface area contributed by atoms with Crippen molar-refractivity contribution in [2.24, 2.45) is 5.10 Å². The summed E-state index contributed by atoms with van der Waals surface area (Å²) in [4.78, 5) is 25.4. The van der Waals surface area contributed by atoms with Gasteiger partial charge in [-0.3, -0.25) is 19.9 Å². The molecule has 1 aromatic carbocycles. The molecular weight excluding hydrogens is 276 g/mol. The number of nitrogens with zero attached hydrogens (tertiary/aromatic N) is 3. The first-order valence-corrected chi connectivity index (χ1v) is 5.78. The summed E-state index contributed by atoms with van der Waals surface area (Å²) >= 11 is 0. The van der Waals surface area contributed by atoms with Gasteiger partial charge in [0.05, 0.1) is 11.1 Å². The van der Waals surface area contributed by atoms with Crippen molar-refractivity contribution in [2.75, 3.05) is 0 Å². The van der Waals surface area contributed by atoms with Gasteiger partial charge in [-0.15, -0.1) is 0 Å². The van der Waals surface area contributed by atoms with Crippen LogP contribution in [0.1, 0.15) is 16.1 Å². The third-order valence-electron chi connectivity index (χ3n) is 2.47. The maximum absolute atomic E-state index is 11.6. The monoisotopic (exact) mass is 285 g/mol. The van der Waals surface area contributed by atoms with Gasteiger partial charge in [-0.25, -0.2) is 5.43 Å². The van der Waals surface area contributed by atoms with Crippen LogP contribution in [0.25, 0.3) is 0 Å². The lowest BCUT2D eigenvalue weighted by Gasteiger charge is -2.08. The Bertz CT molecular complexity index is 701. The average Bonchev–Trinajstić information content (AvgIpc) is 2.49. The molecule has 0 aliphatic heterocycles. The van der Waals surface area contributed by atoms with Gasteiger partial charge < -0.3 is 5.11 Å². The number of amides is 1. The SMILES string of the molecule is O=C(N/N=C\c1cc([N+](=O)[O-])ccc1[O-])c1ccccn1. The van der Waals surface area contributed by atoms with Gasteiger partial charge in [0, 0.05) is 18.3 Å². The number of pyridine rings is 1. The second kappa shape index (κ2) is 6.24. The van der Waals surface area contributed by atoms with Crippen LogP contribution in [-0.4, -0.2) is 22.0 Å². The van der Waals surface area contributed by atoms with Gasteiger partial charge in [-0.2, -0.15) is 5.10 Å². The van der Waals surface area contributed by atoms with Gasteiger partial charge in [0.1, 0.15) is 5.69 Å². The van der Waals surface area contributed by atoms with E-state index in [9.17, 15) is 20.0 Å². The van der Waals surface area contributed by atoms with Crippen LogP contribution >= 0.6 is 0 Å². The first-order chi connectivity index (χ1) is 10.1. The number of benzene rings is 1. The van der Waals surface area contributed by atoms with Crippen LogP contribution in [-0.2, 0) is 0 Å². The van der Waals surface area contributed by atoms with Crippen molar-refractivity contribution in [3.63, 3.8) is 0 Å². The van der Waals surface area contributed by atoms with Crippen LogP contribution in [0.4, 0.5) is 5.69 Å². The minimum Gasteiger partial charge on any atom is -0.872 e. The van der Waals surface area contributed by atoms with Crippen molar-refractivity contribution in [1.82, 2.24) is 10.4 Å². The Morgan fingerprint density at radius 1 is 1.33 bits per heavy atom. The van der Waals surface area contributed by atoms with Gasteiger partial charge in [-0.05, 0) is 17.7 Å². The quantitative estimate of drug-likeness (QED) is 0.506. The van der Waals surface area contributed by atoms with Crippen molar-refractivity contribution in [1.29, 1.82) is 0 Å². The first-order valence-electron chi connectivity index (χ1n) is 5.78. The predicted molar refractivity (Wildman–Crippen MR) is 71.8 cm³/mol. The van der Waals surface area contributed by atoms with Gasteiger partial charge >= 0.3 is 0 Å². The largest absolute Gasteiger partial charge is 0.872 e. The third-order valence-corrected chi connectivity index (χ3v) is 2.47. The summed E-state index contributed by atoms with van der Waals surface area (Å²) in [6.07, 6.45) is 2.51. The summed E-state index contributed by atoms with van der Waals surface area (Å²) in [6, 6.07) is 8.05. The summed E-state index contributed by atoms with van der Waals surface area (Å²) in [6.45, 7) is 0. The lowest BCUT2D eigenvalue weighted by molar-refractivity contribution is -0.385. The van der Waals surface area contributed by atoms with Crippen LogP contribution in [0.2, 0.25) is 0 Å². The molecule has 0 saturated carbocycles. The number of nitro groups is 1. The molecule has 1 aromatic heterocycles. The molecular formula is C13H9N4O4-. The topological polar surface area (TPSA) is 121 Å². The maximum Gasteiger partial charge on any atom is 0.289 e. The van der Waals surface area contributed by atoms with E-state index < -0.39 is 16.6 Å². The Morgan fingerprint density at radius 3 is 2.81 bits per heavy atom. The lowest BCUT2D eigenvalue weighted by Crippen LogP contribution is -2.18. The van der Waals surface area contributed by atoms with E-state index >= 15 is 0 Å². The fraction of sp³-hybridized carbons (Fsp3) is 0. The van der Waals surface area contributed by atoms with Crippen LogP contribution < -0.4 is 10.5 Å². The van der Waals surface area contributed by atoms with E-state index in [1.54, 1.807) is 12.1 Å². The molecule has 0 aliphatic carbocycles. The Hall–Kier alpha value is -3.29. The number of rotatable bonds is 4. The molecule has 106 valence electrons. The second-order valence-electron chi connectivity index (χ2n) is 3.89. The average molecular weight is 285 g/mol. The number of hydrogen-bond donors (Lipinski definition) is 1. The highest BCUT2D eigenvalue weighted by atomic mass is 16.6. The second-order valence-corrected chi connectivity index (χ2v) is 3.89. The molecule has 21 heavy (non-hydrogen) atoms. The third kappa shape index (κ3) is 3.60. The molecule has 0 spiro atoms. The lowest BCUT2D eigenvalue weighted by atomic mass is 10.2. The minimum absolute atomic E-state index is 0.00511. The van der Waals surface area contributed by atoms with Crippen molar-refractivity contribution in [3.05, 3.63) is 64.0 Å². The number of nitro benzene ring substituents is 1. The zero-order valence-electron chi connectivity index (χ0n) is 10.6. The molecule has 0 atom stereocenters. The van der Waals surface area contributed by atoms with Gasteiger partial charge in [-0.1, -0.05) is 17.9 Å². The zero-order valence-corrected chi connectivity index (χ0v) is 10.6. The van der Waals surface area contributed by atoms with E-state index in [1.165, 1.54) is 12.3 Å². The summed E-state index contributed by atoms with van der Waals surface area (Å²) in [7, 11) is 0. The Morgan fingerprint density at radius 2 is 2.14 bits per heavy atom. The molecule has 0 saturated heterocycles. The van der Waals surface area contributed by atoms with E-state index in [1.807, 2.05) is 0 Å². The molecule has 0 unspecified atom stereocenters. The van der Waals surface area contributed by atoms with Gasteiger partial charge in [0.15, 0.2) is 0 Å². The summed E-state index contributed by atoms with van der Waals surface area (Å²) in [5.41, 5.74) is 2.12. The number of hydrazone groups is 1. The Labute approximate surface area is 118 Å². The number of non-ortho nitro benzene ring substituents is 1. The van der Waals surface area contributed by atoms with E-state index in [0.717, 1.165) is 24.4 Å². The van der Waals surface area contributed by atoms with E-state index in [-0.39, 0.29) is 16.9 Å². The van der Waals surface area contributed by atoms with E-state index in [4.69, 9.17) is 0 Å². The molecule has 1 heterocycles. The van der Waals surface area contributed by atoms with Crippen molar-refractivity contribution >= 4 is 17.8 Å². The molecule has 0 aliphatic rings. The first kappa shape index (κ1) is 14.1. The van der Waals surface area contributed by atoms with Crippen molar-refractivity contribution in [2.45, 2.75) is 0 Å². The maximum atomic E-state index is 11.6. The zero-order chi connectivity index (χ0) is 15.2. The molecule has 0 radical (unpaired) electrons. The summed E-state index contributed by atoms with van der Waals surface area (Å²) in [5.74, 6) is -0.985. The molecule has 1 amide bonds. The van der Waals surface area contributed by atoms with Crippen LogP contribution in [0.15, 0.2) is 47.7 Å². The van der Waals surface area contributed by atoms with Crippen LogP contribution in [0.3, 0.4) is 0 Å². The number of aromatic nitrogens is 1. The van der Waals surface area contributed by atoms with Gasteiger partial charge in [0.25, 0.3) is 11.6 Å². The molecule has 8 nitrogen and oxygen atoms in total.